The standard InChI is InChI=1S/C13H18O/c1-10-12(7-8-13(10)14)9-11-5-3-2-4-6-11/h2-6,10,12-14H,7-9H2,1H3. The van der Waals surface area contributed by atoms with Crippen molar-refractivity contribution in [2.45, 2.75) is 32.3 Å². The van der Waals surface area contributed by atoms with E-state index in [-0.39, 0.29) is 6.10 Å². The molecule has 3 atom stereocenters. The molecule has 1 aromatic carbocycles. The van der Waals surface area contributed by atoms with Crippen molar-refractivity contribution in [2.24, 2.45) is 11.8 Å². The molecule has 1 aromatic rings. The summed E-state index contributed by atoms with van der Waals surface area (Å²) in [5, 5.41) is 9.65. The lowest BCUT2D eigenvalue weighted by molar-refractivity contribution is 0.127. The van der Waals surface area contributed by atoms with Gasteiger partial charge in [-0.15, -0.1) is 0 Å². The summed E-state index contributed by atoms with van der Waals surface area (Å²) in [5.74, 6) is 1.14. The molecular formula is C13H18O. The van der Waals surface area contributed by atoms with Crippen LogP contribution in [-0.2, 0) is 6.42 Å². The van der Waals surface area contributed by atoms with Crippen LogP contribution in [0.4, 0.5) is 0 Å². The molecule has 1 fully saturated rings. The van der Waals surface area contributed by atoms with Gasteiger partial charge in [0.15, 0.2) is 0 Å². The second-order valence-corrected chi connectivity index (χ2v) is 4.45. The number of aliphatic hydroxyl groups is 1. The Hall–Kier alpha value is -0.820. The Morgan fingerprint density at radius 3 is 2.50 bits per heavy atom. The Balaban J connectivity index is 1.99. The van der Waals surface area contributed by atoms with Gasteiger partial charge in [0, 0.05) is 0 Å². The number of hydrogen-bond acceptors (Lipinski definition) is 1. The Morgan fingerprint density at radius 2 is 1.93 bits per heavy atom. The molecule has 2 rings (SSSR count). The van der Waals surface area contributed by atoms with Crippen LogP contribution >= 0.6 is 0 Å². The molecular weight excluding hydrogens is 172 g/mol. The first-order valence-electron chi connectivity index (χ1n) is 5.49. The molecule has 0 spiro atoms. The average molecular weight is 190 g/mol. The largest absolute Gasteiger partial charge is 0.393 e. The smallest absolute Gasteiger partial charge is 0.0568 e. The summed E-state index contributed by atoms with van der Waals surface area (Å²) in [5.41, 5.74) is 1.40. The number of rotatable bonds is 2. The van der Waals surface area contributed by atoms with Crippen molar-refractivity contribution in [2.75, 3.05) is 0 Å². The molecule has 0 saturated heterocycles. The van der Waals surface area contributed by atoms with Crippen LogP contribution in [0.2, 0.25) is 0 Å². The van der Waals surface area contributed by atoms with Crippen molar-refractivity contribution in [1.29, 1.82) is 0 Å². The van der Waals surface area contributed by atoms with Crippen molar-refractivity contribution in [3.63, 3.8) is 0 Å². The molecule has 0 aromatic heterocycles. The third-order valence-corrected chi connectivity index (χ3v) is 3.52. The predicted octanol–water partition coefficient (Wildman–Crippen LogP) is 2.64. The first-order chi connectivity index (χ1) is 6.77. The summed E-state index contributed by atoms with van der Waals surface area (Å²) in [6, 6.07) is 10.6. The third kappa shape index (κ3) is 1.98. The first kappa shape index (κ1) is 9.72. The maximum absolute atomic E-state index is 9.65. The average Bonchev–Trinajstić information content (AvgIpc) is 2.52. The minimum atomic E-state index is -0.0660. The summed E-state index contributed by atoms with van der Waals surface area (Å²) < 4.78 is 0. The van der Waals surface area contributed by atoms with Crippen molar-refractivity contribution in [3.05, 3.63) is 35.9 Å². The van der Waals surface area contributed by atoms with Crippen LogP contribution in [0, 0.1) is 11.8 Å². The van der Waals surface area contributed by atoms with Gasteiger partial charge in [0.1, 0.15) is 0 Å². The molecule has 0 radical (unpaired) electrons. The molecule has 1 aliphatic carbocycles. The number of hydrogen-bond donors (Lipinski definition) is 1. The predicted molar refractivity (Wildman–Crippen MR) is 58.0 cm³/mol. The molecule has 0 aliphatic heterocycles. The zero-order valence-electron chi connectivity index (χ0n) is 8.69. The van der Waals surface area contributed by atoms with Crippen LogP contribution in [0.3, 0.4) is 0 Å². The van der Waals surface area contributed by atoms with Crippen LogP contribution in [-0.4, -0.2) is 11.2 Å². The minimum absolute atomic E-state index is 0.0660. The molecule has 1 nitrogen and oxygen atoms in total. The van der Waals surface area contributed by atoms with E-state index in [0.717, 1.165) is 12.8 Å². The van der Waals surface area contributed by atoms with E-state index >= 15 is 0 Å². The second kappa shape index (κ2) is 4.14. The maximum Gasteiger partial charge on any atom is 0.0568 e. The monoisotopic (exact) mass is 190 g/mol. The van der Waals surface area contributed by atoms with Crippen molar-refractivity contribution >= 4 is 0 Å². The molecule has 0 amide bonds. The van der Waals surface area contributed by atoms with Gasteiger partial charge in [-0.1, -0.05) is 37.3 Å². The summed E-state index contributed by atoms with van der Waals surface area (Å²) >= 11 is 0. The highest BCUT2D eigenvalue weighted by Gasteiger charge is 2.30. The summed E-state index contributed by atoms with van der Waals surface area (Å²) in [6.07, 6.45) is 3.22. The van der Waals surface area contributed by atoms with E-state index in [9.17, 15) is 5.11 Å². The molecule has 0 bridgehead atoms. The Bertz CT molecular complexity index is 281. The van der Waals surface area contributed by atoms with Gasteiger partial charge in [-0.25, -0.2) is 0 Å². The maximum atomic E-state index is 9.65. The fourth-order valence-corrected chi connectivity index (χ4v) is 2.43. The van der Waals surface area contributed by atoms with Gasteiger partial charge in [-0.05, 0) is 36.7 Å². The Labute approximate surface area is 85.8 Å². The molecule has 1 N–H and O–H groups in total. The molecule has 1 saturated carbocycles. The summed E-state index contributed by atoms with van der Waals surface area (Å²) in [6.45, 7) is 2.17. The minimum Gasteiger partial charge on any atom is -0.393 e. The fourth-order valence-electron chi connectivity index (χ4n) is 2.43. The van der Waals surface area contributed by atoms with E-state index < -0.39 is 0 Å². The van der Waals surface area contributed by atoms with E-state index in [0.29, 0.717) is 11.8 Å². The van der Waals surface area contributed by atoms with Crippen LogP contribution in [0.25, 0.3) is 0 Å². The Kier molecular flexibility index (Phi) is 2.87. The SMILES string of the molecule is CC1C(O)CCC1Cc1ccccc1. The molecule has 14 heavy (non-hydrogen) atoms. The zero-order valence-corrected chi connectivity index (χ0v) is 8.69. The third-order valence-electron chi connectivity index (χ3n) is 3.52. The van der Waals surface area contributed by atoms with E-state index in [1.807, 2.05) is 0 Å². The van der Waals surface area contributed by atoms with Crippen molar-refractivity contribution < 1.29 is 5.11 Å². The van der Waals surface area contributed by atoms with Gasteiger partial charge < -0.3 is 5.11 Å². The van der Waals surface area contributed by atoms with E-state index in [2.05, 4.69) is 37.3 Å². The lowest BCUT2D eigenvalue weighted by atomic mass is 9.90. The quantitative estimate of drug-likeness (QED) is 0.760. The zero-order chi connectivity index (χ0) is 9.97. The second-order valence-electron chi connectivity index (χ2n) is 4.45. The van der Waals surface area contributed by atoms with Gasteiger partial charge in [0.2, 0.25) is 0 Å². The Morgan fingerprint density at radius 1 is 1.21 bits per heavy atom. The highest BCUT2D eigenvalue weighted by atomic mass is 16.3. The van der Waals surface area contributed by atoms with E-state index in [1.165, 1.54) is 12.0 Å². The number of aliphatic hydroxyl groups excluding tert-OH is 1. The highest BCUT2D eigenvalue weighted by Crippen LogP contribution is 2.33. The van der Waals surface area contributed by atoms with E-state index in [1.54, 1.807) is 0 Å². The van der Waals surface area contributed by atoms with Gasteiger partial charge in [0.25, 0.3) is 0 Å². The molecule has 0 heterocycles. The molecule has 3 unspecified atom stereocenters. The normalized spacial score (nSPS) is 32.0. The van der Waals surface area contributed by atoms with Crippen LogP contribution < -0.4 is 0 Å². The van der Waals surface area contributed by atoms with Crippen LogP contribution in [0.5, 0.6) is 0 Å². The highest BCUT2D eigenvalue weighted by molar-refractivity contribution is 5.15. The lowest BCUT2D eigenvalue weighted by Gasteiger charge is -2.17. The lowest BCUT2D eigenvalue weighted by Crippen LogP contribution is -2.16. The van der Waals surface area contributed by atoms with Gasteiger partial charge in [0.05, 0.1) is 6.10 Å². The van der Waals surface area contributed by atoms with Crippen LogP contribution in [0.15, 0.2) is 30.3 Å². The summed E-state index contributed by atoms with van der Waals surface area (Å²) in [4.78, 5) is 0. The fraction of sp³-hybridized carbons (Fsp3) is 0.538. The van der Waals surface area contributed by atoms with Gasteiger partial charge >= 0.3 is 0 Å². The van der Waals surface area contributed by atoms with Gasteiger partial charge in [-0.2, -0.15) is 0 Å². The molecule has 1 aliphatic rings. The molecule has 1 heteroatoms. The van der Waals surface area contributed by atoms with Crippen LogP contribution in [0.1, 0.15) is 25.3 Å². The van der Waals surface area contributed by atoms with E-state index in [4.69, 9.17) is 0 Å². The first-order valence-corrected chi connectivity index (χ1v) is 5.49. The topological polar surface area (TPSA) is 20.2 Å². The van der Waals surface area contributed by atoms with Gasteiger partial charge in [-0.3, -0.25) is 0 Å². The number of benzene rings is 1. The summed E-state index contributed by atoms with van der Waals surface area (Å²) in [7, 11) is 0. The van der Waals surface area contributed by atoms with Crippen molar-refractivity contribution in [3.8, 4) is 0 Å². The molecule has 76 valence electrons. The van der Waals surface area contributed by atoms with Crippen molar-refractivity contribution in [1.82, 2.24) is 0 Å².